The van der Waals surface area contributed by atoms with E-state index >= 15 is 0 Å². The molecule has 1 amide bonds. The van der Waals surface area contributed by atoms with Crippen molar-refractivity contribution in [2.75, 3.05) is 11.5 Å². The lowest BCUT2D eigenvalue weighted by molar-refractivity contribution is -0.113. The Labute approximate surface area is 157 Å². The molecule has 0 N–H and O–H groups in total. The fraction of sp³-hybridized carbons (Fsp3) is 0.200. The summed E-state index contributed by atoms with van der Waals surface area (Å²) in [6.45, 7) is 4.69. The van der Waals surface area contributed by atoms with Gasteiger partial charge in [-0.1, -0.05) is 55.2 Å². The van der Waals surface area contributed by atoms with Crippen LogP contribution in [0.4, 0.5) is 5.69 Å². The first kappa shape index (κ1) is 17.7. The van der Waals surface area contributed by atoms with E-state index in [0.717, 1.165) is 23.4 Å². The Balaban J connectivity index is 1.82. The van der Waals surface area contributed by atoms with Crippen LogP contribution in [-0.4, -0.2) is 16.8 Å². The summed E-state index contributed by atoms with van der Waals surface area (Å²) >= 11 is 6.75. The summed E-state index contributed by atoms with van der Waals surface area (Å²) in [5.74, 6) is 0.747. The van der Waals surface area contributed by atoms with Gasteiger partial charge in [0.25, 0.3) is 5.91 Å². The number of aryl methyl sites for hydroxylation is 1. The van der Waals surface area contributed by atoms with Crippen molar-refractivity contribution in [1.82, 2.24) is 0 Å². The molecule has 0 saturated carbocycles. The molecule has 2 aromatic carbocycles. The summed E-state index contributed by atoms with van der Waals surface area (Å²) in [6.07, 6.45) is 2.84. The highest BCUT2D eigenvalue weighted by molar-refractivity contribution is 8.27. The lowest BCUT2D eigenvalue weighted by atomic mass is 10.1. The van der Waals surface area contributed by atoms with Gasteiger partial charge in [-0.15, -0.1) is 0 Å². The van der Waals surface area contributed by atoms with E-state index in [2.05, 4.69) is 6.92 Å². The molecular formula is C20H19NO2S2. The predicted octanol–water partition coefficient (Wildman–Crippen LogP) is 5.05. The molecule has 1 saturated heterocycles. The lowest BCUT2D eigenvalue weighted by Gasteiger charge is -2.14. The minimum absolute atomic E-state index is 0.0758. The van der Waals surface area contributed by atoms with Crippen molar-refractivity contribution < 1.29 is 9.53 Å². The zero-order valence-electron chi connectivity index (χ0n) is 14.2. The molecule has 25 heavy (non-hydrogen) atoms. The Hall–Kier alpha value is -2.11. The van der Waals surface area contributed by atoms with Crippen LogP contribution in [0.15, 0.2) is 53.4 Å². The third kappa shape index (κ3) is 3.94. The van der Waals surface area contributed by atoms with Gasteiger partial charge in [-0.05, 0) is 54.8 Å². The standard InChI is InChI=1S/C20H19NO2S2/c1-3-14-5-9-16(10-6-14)21-19(22)18(25-20(21)24)13-15-7-11-17(12-8-15)23-4-2/h5-13H,3-4H2,1-2H3/b18-13-. The molecule has 0 aliphatic carbocycles. The van der Waals surface area contributed by atoms with Gasteiger partial charge in [0.05, 0.1) is 17.2 Å². The highest BCUT2D eigenvalue weighted by Gasteiger charge is 2.33. The number of hydrogen-bond acceptors (Lipinski definition) is 4. The van der Waals surface area contributed by atoms with Crippen molar-refractivity contribution >= 4 is 46.0 Å². The topological polar surface area (TPSA) is 29.5 Å². The maximum absolute atomic E-state index is 12.8. The third-order valence-corrected chi connectivity index (χ3v) is 5.19. The first-order valence-electron chi connectivity index (χ1n) is 8.22. The zero-order chi connectivity index (χ0) is 17.8. The summed E-state index contributed by atoms with van der Waals surface area (Å²) in [7, 11) is 0. The van der Waals surface area contributed by atoms with Crippen molar-refractivity contribution in [3.8, 4) is 5.75 Å². The van der Waals surface area contributed by atoms with E-state index in [1.54, 1.807) is 4.90 Å². The Bertz CT molecular complexity index is 811. The molecule has 3 nitrogen and oxygen atoms in total. The number of ether oxygens (including phenoxy) is 1. The molecule has 0 radical (unpaired) electrons. The molecule has 1 fully saturated rings. The summed E-state index contributed by atoms with van der Waals surface area (Å²) in [5.41, 5.74) is 3.00. The van der Waals surface area contributed by atoms with Crippen LogP contribution in [0.5, 0.6) is 5.75 Å². The van der Waals surface area contributed by atoms with E-state index in [1.165, 1.54) is 17.3 Å². The van der Waals surface area contributed by atoms with Gasteiger partial charge in [-0.2, -0.15) is 0 Å². The second-order valence-electron chi connectivity index (χ2n) is 5.54. The smallest absolute Gasteiger partial charge is 0.270 e. The highest BCUT2D eigenvalue weighted by Crippen LogP contribution is 2.36. The molecule has 0 aromatic heterocycles. The fourth-order valence-corrected chi connectivity index (χ4v) is 3.85. The number of rotatable bonds is 5. The average molecular weight is 370 g/mol. The first-order valence-corrected chi connectivity index (χ1v) is 9.44. The zero-order valence-corrected chi connectivity index (χ0v) is 15.8. The van der Waals surface area contributed by atoms with E-state index < -0.39 is 0 Å². The summed E-state index contributed by atoms with van der Waals surface area (Å²) in [4.78, 5) is 15.0. The van der Waals surface area contributed by atoms with Crippen LogP contribution in [0.25, 0.3) is 6.08 Å². The molecule has 1 aliphatic rings. The van der Waals surface area contributed by atoms with E-state index in [9.17, 15) is 4.79 Å². The van der Waals surface area contributed by atoms with Crippen LogP contribution in [-0.2, 0) is 11.2 Å². The van der Waals surface area contributed by atoms with Crippen LogP contribution in [0, 0.1) is 0 Å². The molecule has 2 aromatic rings. The SMILES string of the molecule is CCOc1ccc(/C=C2\SC(=S)N(c3ccc(CC)cc3)C2=O)cc1. The number of carbonyl (C=O) groups excluding carboxylic acids is 1. The second-order valence-corrected chi connectivity index (χ2v) is 7.21. The van der Waals surface area contributed by atoms with Gasteiger partial charge in [0.2, 0.25) is 0 Å². The number of anilines is 1. The Morgan fingerprint density at radius 2 is 1.76 bits per heavy atom. The molecule has 0 bridgehead atoms. The van der Waals surface area contributed by atoms with Crippen molar-refractivity contribution in [2.45, 2.75) is 20.3 Å². The predicted molar refractivity (Wildman–Crippen MR) is 109 cm³/mol. The average Bonchev–Trinajstić information content (AvgIpc) is 2.90. The van der Waals surface area contributed by atoms with Crippen molar-refractivity contribution in [3.05, 3.63) is 64.6 Å². The van der Waals surface area contributed by atoms with Crippen LogP contribution >= 0.6 is 24.0 Å². The van der Waals surface area contributed by atoms with Crippen molar-refractivity contribution in [2.24, 2.45) is 0 Å². The number of thiocarbonyl (C=S) groups is 1. The molecule has 3 rings (SSSR count). The Morgan fingerprint density at radius 3 is 2.36 bits per heavy atom. The summed E-state index contributed by atoms with van der Waals surface area (Å²) < 4.78 is 6.00. The maximum atomic E-state index is 12.8. The van der Waals surface area contributed by atoms with Crippen LogP contribution < -0.4 is 9.64 Å². The lowest BCUT2D eigenvalue weighted by Crippen LogP contribution is -2.27. The van der Waals surface area contributed by atoms with Gasteiger partial charge < -0.3 is 4.74 Å². The Kier molecular flexibility index (Phi) is 5.56. The van der Waals surface area contributed by atoms with Gasteiger partial charge in [0.15, 0.2) is 4.32 Å². The van der Waals surface area contributed by atoms with Crippen molar-refractivity contribution in [3.63, 3.8) is 0 Å². The minimum atomic E-state index is -0.0758. The minimum Gasteiger partial charge on any atom is -0.494 e. The molecule has 1 heterocycles. The van der Waals surface area contributed by atoms with Gasteiger partial charge in [0, 0.05) is 0 Å². The van der Waals surface area contributed by atoms with Crippen LogP contribution in [0.3, 0.4) is 0 Å². The third-order valence-electron chi connectivity index (χ3n) is 3.89. The maximum Gasteiger partial charge on any atom is 0.270 e. The molecule has 1 aliphatic heterocycles. The number of carbonyl (C=O) groups is 1. The van der Waals surface area contributed by atoms with Crippen LogP contribution in [0.1, 0.15) is 25.0 Å². The molecule has 5 heteroatoms. The quantitative estimate of drug-likeness (QED) is 0.545. The van der Waals surface area contributed by atoms with Gasteiger partial charge in [-0.25, -0.2) is 0 Å². The number of amides is 1. The number of nitrogens with zero attached hydrogens (tertiary/aromatic N) is 1. The van der Waals surface area contributed by atoms with E-state index in [4.69, 9.17) is 17.0 Å². The first-order chi connectivity index (χ1) is 12.1. The molecule has 0 spiro atoms. The monoisotopic (exact) mass is 369 g/mol. The molecule has 128 valence electrons. The second kappa shape index (κ2) is 7.85. The highest BCUT2D eigenvalue weighted by atomic mass is 32.2. The van der Waals surface area contributed by atoms with E-state index in [-0.39, 0.29) is 5.91 Å². The summed E-state index contributed by atoms with van der Waals surface area (Å²) in [6, 6.07) is 15.6. The van der Waals surface area contributed by atoms with Gasteiger partial charge in [-0.3, -0.25) is 9.69 Å². The van der Waals surface area contributed by atoms with Gasteiger partial charge >= 0.3 is 0 Å². The van der Waals surface area contributed by atoms with Gasteiger partial charge in [0.1, 0.15) is 5.75 Å². The molecular weight excluding hydrogens is 350 g/mol. The summed E-state index contributed by atoms with van der Waals surface area (Å²) in [5, 5.41) is 0. The number of thioether (sulfide) groups is 1. The normalized spacial score (nSPS) is 15.9. The number of benzene rings is 2. The van der Waals surface area contributed by atoms with Crippen LogP contribution in [0.2, 0.25) is 0 Å². The largest absolute Gasteiger partial charge is 0.494 e. The Morgan fingerprint density at radius 1 is 1.08 bits per heavy atom. The fourth-order valence-electron chi connectivity index (χ4n) is 2.55. The van der Waals surface area contributed by atoms with E-state index in [1.807, 2.05) is 61.5 Å². The van der Waals surface area contributed by atoms with E-state index in [0.29, 0.717) is 15.8 Å². The van der Waals surface area contributed by atoms with Crippen molar-refractivity contribution in [1.29, 1.82) is 0 Å². The molecule has 0 atom stereocenters. The molecule has 0 unspecified atom stereocenters. The number of hydrogen-bond donors (Lipinski definition) is 0.